The van der Waals surface area contributed by atoms with E-state index in [2.05, 4.69) is 10.6 Å². The van der Waals surface area contributed by atoms with Gasteiger partial charge in [0.2, 0.25) is 0 Å². The van der Waals surface area contributed by atoms with Crippen molar-refractivity contribution >= 4 is 17.5 Å². The Kier molecular flexibility index (Phi) is 8.51. The smallest absolute Gasteiger partial charge is 0.265 e. The number of carbonyl (C=O) groups excluding carboxylic acids is 2. The van der Waals surface area contributed by atoms with Crippen LogP contribution in [0, 0.1) is 6.92 Å². The van der Waals surface area contributed by atoms with Crippen LogP contribution in [0.25, 0.3) is 0 Å². The van der Waals surface area contributed by atoms with Crippen molar-refractivity contribution in [3.05, 3.63) is 83.4 Å². The van der Waals surface area contributed by atoms with Gasteiger partial charge in [-0.3, -0.25) is 9.59 Å². The maximum Gasteiger partial charge on any atom is 0.265 e. The van der Waals surface area contributed by atoms with Gasteiger partial charge in [0.25, 0.3) is 11.8 Å². The number of rotatable bonds is 10. The molecule has 3 rings (SSSR count). The Bertz CT molecular complexity index is 1130. The van der Waals surface area contributed by atoms with Gasteiger partial charge in [-0.1, -0.05) is 35.9 Å². The van der Waals surface area contributed by atoms with Crippen LogP contribution in [0.1, 0.15) is 28.4 Å². The number of ether oxygens (including phenoxy) is 3. The molecule has 0 saturated heterocycles. The summed E-state index contributed by atoms with van der Waals surface area (Å²) < 4.78 is 16.3. The lowest BCUT2D eigenvalue weighted by atomic mass is 10.1. The van der Waals surface area contributed by atoms with Gasteiger partial charge in [0.1, 0.15) is 5.75 Å². The first-order valence-corrected chi connectivity index (χ1v) is 11.0. The van der Waals surface area contributed by atoms with Gasteiger partial charge >= 0.3 is 0 Å². The predicted octanol–water partition coefficient (Wildman–Crippen LogP) is 4.39. The Hall–Kier alpha value is -4.00. The van der Waals surface area contributed by atoms with Crippen molar-refractivity contribution in [1.29, 1.82) is 0 Å². The molecule has 3 aromatic carbocycles. The summed E-state index contributed by atoms with van der Waals surface area (Å²) in [6.07, 6.45) is -0.119. The molecule has 0 aliphatic heterocycles. The first-order valence-electron chi connectivity index (χ1n) is 11.0. The number of anilines is 1. The summed E-state index contributed by atoms with van der Waals surface area (Å²) in [5, 5.41) is 5.71. The van der Waals surface area contributed by atoms with E-state index >= 15 is 0 Å². The van der Waals surface area contributed by atoms with E-state index in [1.165, 1.54) is 0 Å². The Morgan fingerprint density at radius 1 is 0.912 bits per heavy atom. The fourth-order valence-corrected chi connectivity index (χ4v) is 3.35. The van der Waals surface area contributed by atoms with Crippen molar-refractivity contribution in [1.82, 2.24) is 5.32 Å². The SMILES string of the molecule is COc1ccc(CCNC(=O)c2ccccc2NC(=O)[C@H](C)Oc2ccc(C)cc2)cc1OC. The molecular formula is C27H30N2O5. The molecule has 0 aliphatic carbocycles. The Labute approximate surface area is 200 Å². The van der Waals surface area contributed by atoms with E-state index in [1.54, 1.807) is 45.4 Å². The van der Waals surface area contributed by atoms with E-state index in [0.717, 1.165) is 11.1 Å². The van der Waals surface area contributed by atoms with Crippen molar-refractivity contribution < 1.29 is 23.8 Å². The number of aryl methyl sites for hydroxylation is 1. The first-order chi connectivity index (χ1) is 16.4. The zero-order chi connectivity index (χ0) is 24.5. The van der Waals surface area contributed by atoms with E-state index in [9.17, 15) is 9.59 Å². The summed E-state index contributed by atoms with van der Waals surface area (Å²) in [6.45, 7) is 4.07. The molecule has 178 valence electrons. The van der Waals surface area contributed by atoms with Gasteiger partial charge in [-0.2, -0.15) is 0 Å². The molecule has 0 unspecified atom stereocenters. The van der Waals surface area contributed by atoms with Gasteiger partial charge in [-0.25, -0.2) is 0 Å². The van der Waals surface area contributed by atoms with Crippen LogP contribution in [0.2, 0.25) is 0 Å². The van der Waals surface area contributed by atoms with Gasteiger partial charge in [-0.15, -0.1) is 0 Å². The van der Waals surface area contributed by atoms with Crippen molar-refractivity contribution in [2.45, 2.75) is 26.4 Å². The summed E-state index contributed by atoms with van der Waals surface area (Å²) in [7, 11) is 3.17. The van der Waals surface area contributed by atoms with Crippen LogP contribution in [-0.4, -0.2) is 38.7 Å². The van der Waals surface area contributed by atoms with Crippen LogP contribution in [0.4, 0.5) is 5.69 Å². The largest absolute Gasteiger partial charge is 0.493 e. The number of amides is 2. The third kappa shape index (κ3) is 6.51. The average molecular weight is 463 g/mol. The number of methoxy groups -OCH3 is 2. The van der Waals surface area contributed by atoms with Crippen LogP contribution in [0.15, 0.2) is 66.7 Å². The summed E-state index contributed by atoms with van der Waals surface area (Å²) in [5.41, 5.74) is 2.92. The number of nitrogens with one attached hydrogen (secondary N) is 2. The third-order valence-corrected chi connectivity index (χ3v) is 5.28. The monoisotopic (exact) mass is 462 g/mol. The van der Waals surface area contributed by atoms with E-state index in [4.69, 9.17) is 14.2 Å². The van der Waals surface area contributed by atoms with E-state index < -0.39 is 6.10 Å². The molecule has 2 N–H and O–H groups in total. The zero-order valence-corrected chi connectivity index (χ0v) is 19.9. The van der Waals surface area contributed by atoms with E-state index in [1.807, 2.05) is 49.4 Å². The van der Waals surface area contributed by atoms with Crippen LogP contribution < -0.4 is 24.8 Å². The minimum Gasteiger partial charge on any atom is -0.493 e. The molecule has 2 amide bonds. The van der Waals surface area contributed by atoms with Crippen molar-refractivity contribution in [2.75, 3.05) is 26.1 Å². The second kappa shape index (κ2) is 11.7. The highest BCUT2D eigenvalue weighted by Crippen LogP contribution is 2.27. The number of carbonyl (C=O) groups is 2. The van der Waals surface area contributed by atoms with Crippen LogP contribution >= 0.6 is 0 Å². The molecule has 34 heavy (non-hydrogen) atoms. The zero-order valence-electron chi connectivity index (χ0n) is 19.9. The Morgan fingerprint density at radius 2 is 1.62 bits per heavy atom. The lowest BCUT2D eigenvalue weighted by Gasteiger charge is -2.16. The maximum atomic E-state index is 12.8. The Balaban J connectivity index is 1.59. The fraction of sp³-hybridized carbons (Fsp3) is 0.259. The highest BCUT2D eigenvalue weighted by molar-refractivity contribution is 6.04. The topological polar surface area (TPSA) is 85.9 Å². The van der Waals surface area contributed by atoms with E-state index in [0.29, 0.717) is 41.5 Å². The van der Waals surface area contributed by atoms with Crippen molar-refractivity contribution in [3.63, 3.8) is 0 Å². The van der Waals surface area contributed by atoms with Gasteiger partial charge in [0, 0.05) is 6.54 Å². The Morgan fingerprint density at radius 3 is 2.32 bits per heavy atom. The molecule has 0 bridgehead atoms. The molecule has 0 aliphatic rings. The third-order valence-electron chi connectivity index (χ3n) is 5.28. The lowest BCUT2D eigenvalue weighted by Crippen LogP contribution is -2.32. The lowest BCUT2D eigenvalue weighted by molar-refractivity contribution is -0.122. The normalized spacial score (nSPS) is 11.3. The van der Waals surface area contributed by atoms with Crippen molar-refractivity contribution in [2.24, 2.45) is 0 Å². The number of hydrogen-bond donors (Lipinski definition) is 2. The molecule has 1 atom stereocenters. The molecule has 0 heterocycles. The predicted molar refractivity (Wildman–Crippen MR) is 132 cm³/mol. The maximum absolute atomic E-state index is 12.8. The van der Waals surface area contributed by atoms with Crippen molar-refractivity contribution in [3.8, 4) is 17.2 Å². The minimum atomic E-state index is -0.733. The van der Waals surface area contributed by atoms with Gasteiger partial charge in [0.15, 0.2) is 17.6 Å². The van der Waals surface area contributed by atoms with Gasteiger partial charge < -0.3 is 24.8 Å². The second-order valence-electron chi connectivity index (χ2n) is 7.80. The van der Waals surface area contributed by atoms with Gasteiger partial charge in [-0.05, 0) is 62.2 Å². The molecule has 7 nitrogen and oxygen atoms in total. The summed E-state index contributed by atoms with van der Waals surface area (Å²) in [6, 6.07) is 20.0. The number of benzene rings is 3. The summed E-state index contributed by atoms with van der Waals surface area (Å²) in [5.74, 6) is 1.28. The molecule has 3 aromatic rings. The highest BCUT2D eigenvalue weighted by atomic mass is 16.5. The van der Waals surface area contributed by atoms with E-state index in [-0.39, 0.29) is 11.8 Å². The van der Waals surface area contributed by atoms with Crippen LogP contribution in [0.5, 0.6) is 17.2 Å². The summed E-state index contributed by atoms with van der Waals surface area (Å²) in [4.78, 5) is 25.5. The second-order valence-corrected chi connectivity index (χ2v) is 7.80. The standard InChI is InChI=1S/C27H30N2O5/c1-18-9-12-21(13-10-18)34-19(2)26(30)29-23-8-6-5-7-22(23)27(31)28-16-15-20-11-14-24(32-3)25(17-20)33-4/h5-14,17,19H,15-16H2,1-4H3,(H,28,31)(H,29,30)/t19-/m0/s1. The number of para-hydroxylation sites is 1. The fourth-order valence-electron chi connectivity index (χ4n) is 3.35. The molecule has 0 saturated carbocycles. The molecule has 0 fully saturated rings. The van der Waals surface area contributed by atoms with Crippen LogP contribution in [-0.2, 0) is 11.2 Å². The molecular weight excluding hydrogens is 432 g/mol. The molecule has 0 aromatic heterocycles. The highest BCUT2D eigenvalue weighted by Gasteiger charge is 2.18. The minimum absolute atomic E-state index is 0.275. The number of hydrogen-bond acceptors (Lipinski definition) is 5. The summed E-state index contributed by atoms with van der Waals surface area (Å²) >= 11 is 0. The average Bonchev–Trinajstić information content (AvgIpc) is 2.85. The first kappa shape index (κ1) is 24.6. The quantitative estimate of drug-likeness (QED) is 0.467. The van der Waals surface area contributed by atoms with Gasteiger partial charge in [0.05, 0.1) is 25.5 Å². The van der Waals surface area contributed by atoms with Crippen LogP contribution in [0.3, 0.4) is 0 Å². The molecule has 7 heteroatoms. The molecule has 0 spiro atoms. The molecule has 0 radical (unpaired) electrons.